The van der Waals surface area contributed by atoms with Crippen LogP contribution in [0.5, 0.6) is 0 Å². The summed E-state index contributed by atoms with van der Waals surface area (Å²) >= 11 is 7.49. The fraction of sp³-hybridized carbons (Fsp3) is 0.667. The van der Waals surface area contributed by atoms with Crippen molar-refractivity contribution in [2.45, 2.75) is 69.9 Å². The molecule has 6 heteroatoms. The molecule has 0 radical (unpaired) electrons. The van der Waals surface area contributed by atoms with Crippen LogP contribution in [0.15, 0.2) is 40.6 Å². The number of nitrogens with zero attached hydrogens (tertiary/aromatic N) is 2. The molecule has 1 aliphatic heterocycles. The van der Waals surface area contributed by atoms with Gasteiger partial charge in [0.2, 0.25) is 0 Å². The van der Waals surface area contributed by atoms with E-state index in [1.165, 1.54) is 5.56 Å². The maximum Gasteiger partial charge on any atom is 0.146 e. The Labute approximate surface area is 156 Å². The van der Waals surface area contributed by atoms with Crippen molar-refractivity contribution in [1.82, 2.24) is 0 Å². The van der Waals surface area contributed by atoms with Crippen LogP contribution in [0.3, 0.4) is 0 Å². The van der Waals surface area contributed by atoms with Gasteiger partial charge in [0.1, 0.15) is 5.28 Å². The molecule has 0 aliphatic carbocycles. The van der Waals surface area contributed by atoms with E-state index in [4.69, 9.17) is 21.5 Å². The molecule has 0 saturated heterocycles. The topological polar surface area (TPSA) is 24.7 Å². The van der Waals surface area contributed by atoms with Crippen molar-refractivity contribution in [2.24, 2.45) is 15.6 Å². The van der Waals surface area contributed by atoms with E-state index in [9.17, 15) is 0 Å². The molecule has 1 aromatic rings. The smallest absolute Gasteiger partial charge is 0.146 e. The Hall–Kier alpha value is -0.0262. The van der Waals surface area contributed by atoms with Crippen LogP contribution in [0, 0.1) is 5.41 Å². The van der Waals surface area contributed by atoms with Gasteiger partial charge in [-0.3, -0.25) is 0 Å². The molecule has 0 saturated carbocycles. The maximum atomic E-state index is 7.49. The van der Waals surface area contributed by atoms with Gasteiger partial charge < -0.3 is 0 Å². The third-order valence-electron chi connectivity index (χ3n) is 5.22. The minimum absolute atomic E-state index is 0.0770. The van der Waals surface area contributed by atoms with Crippen LogP contribution in [0.25, 0.3) is 0 Å². The average Bonchev–Trinajstić information content (AvgIpc) is 2.74. The Balaban J connectivity index is 2.79. The summed E-state index contributed by atoms with van der Waals surface area (Å²) in [5, 5.41) is 9.79. The largest absolute Gasteiger partial charge is 0.187 e. The molecule has 2 nitrogen and oxygen atoms in total. The lowest BCUT2D eigenvalue weighted by atomic mass is 9.82. The zero-order chi connectivity index (χ0) is 18.6. The molecule has 1 aliphatic rings. The van der Waals surface area contributed by atoms with E-state index in [1.807, 2.05) is 0 Å². The molecule has 0 bridgehead atoms. The van der Waals surface area contributed by atoms with Gasteiger partial charge in [-0.2, -0.15) is 10.2 Å². The monoisotopic (exact) mass is 398 g/mol. The van der Waals surface area contributed by atoms with E-state index >= 15 is 0 Å². The number of halogens is 1. The Morgan fingerprint density at radius 2 is 1.33 bits per heavy atom. The first-order valence-corrected chi connectivity index (χ1v) is 17.9. The molecule has 0 spiro atoms. The zero-order valence-electron chi connectivity index (χ0n) is 16.6. The first-order valence-electron chi connectivity index (χ1n) is 8.67. The van der Waals surface area contributed by atoms with Crippen LogP contribution in [0.1, 0.15) is 26.3 Å². The quantitative estimate of drug-likeness (QED) is 0.373. The van der Waals surface area contributed by atoms with Gasteiger partial charge in [0.25, 0.3) is 0 Å². The van der Waals surface area contributed by atoms with E-state index in [2.05, 4.69) is 90.4 Å². The number of benzene rings is 1. The molecule has 1 heterocycles. The van der Waals surface area contributed by atoms with Crippen molar-refractivity contribution >= 4 is 34.7 Å². The van der Waals surface area contributed by atoms with Gasteiger partial charge in [0, 0.05) is 7.27 Å². The normalized spacial score (nSPS) is 27.5. The molecule has 0 aromatic heterocycles. The van der Waals surface area contributed by atoms with Crippen LogP contribution in [-0.4, -0.2) is 20.7 Å². The fourth-order valence-electron chi connectivity index (χ4n) is 4.19. The molecule has 2 rings (SSSR count). The van der Waals surface area contributed by atoms with Gasteiger partial charge in [-0.25, -0.2) is 0 Å². The predicted octanol–water partition coefficient (Wildman–Crippen LogP) is 7.44. The lowest BCUT2D eigenvalue weighted by Crippen LogP contribution is -2.63. The molecule has 2 atom stereocenters. The number of hydrogen-bond acceptors (Lipinski definition) is 2. The lowest BCUT2D eigenvalue weighted by Gasteiger charge is -2.52. The van der Waals surface area contributed by atoms with Gasteiger partial charge in [-0.05, 0) is 11.0 Å². The Kier molecular flexibility index (Phi) is 5.08. The van der Waals surface area contributed by atoms with Crippen molar-refractivity contribution in [3.63, 3.8) is 0 Å². The number of hydrogen-bond donors (Lipinski definition) is 0. The summed E-state index contributed by atoms with van der Waals surface area (Å²) in [5.74, 6) is 0. The minimum Gasteiger partial charge on any atom is -0.187 e. The first kappa shape index (κ1) is 20.3. The Morgan fingerprint density at radius 1 is 0.875 bits per heavy atom. The van der Waals surface area contributed by atoms with E-state index < -0.39 is 28.7 Å². The van der Waals surface area contributed by atoms with Crippen molar-refractivity contribution in [3.05, 3.63) is 35.9 Å². The van der Waals surface area contributed by atoms with Crippen LogP contribution < -0.4 is 0 Å². The summed E-state index contributed by atoms with van der Waals surface area (Å²) in [6.07, 6.45) is 0. The van der Waals surface area contributed by atoms with Crippen LogP contribution in [-0.2, 0) is 5.28 Å². The second-order valence-electron chi connectivity index (χ2n) is 9.94. The molecular formula is C18H32ClN2PSi2. The molecule has 1 aromatic carbocycles. The Morgan fingerprint density at radius 3 is 1.67 bits per heavy atom. The van der Waals surface area contributed by atoms with Gasteiger partial charge in [0.15, 0.2) is 0 Å². The summed E-state index contributed by atoms with van der Waals surface area (Å²) < 4.78 is -0.111. The summed E-state index contributed by atoms with van der Waals surface area (Å²) in [5.41, 5.74) is 1.15. The second-order valence-corrected chi connectivity index (χ2v) is 24.6. The van der Waals surface area contributed by atoms with Crippen molar-refractivity contribution < 1.29 is 0 Å². The van der Waals surface area contributed by atoms with E-state index in [0.29, 0.717) is 0 Å². The first-order chi connectivity index (χ1) is 10.7. The summed E-state index contributed by atoms with van der Waals surface area (Å²) in [4.78, 5) is 0. The highest BCUT2D eigenvalue weighted by Gasteiger charge is 2.69. The fourth-order valence-corrected chi connectivity index (χ4v) is 27.1. The van der Waals surface area contributed by atoms with Crippen molar-refractivity contribution in [2.75, 3.05) is 0 Å². The van der Waals surface area contributed by atoms with Gasteiger partial charge in [-0.1, -0.05) is 102 Å². The lowest BCUT2D eigenvalue weighted by molar-refractivity contribution is 0.284. The SMILES string of the molecule is CC(C)(C)[C@]1(c2ccccc2)N=NC([Si](C)(C)C)([Si](C)(C)C)[P@@]1Cl. The van der Waals surface area contributed by atoms with Crippen LogP contribution in [0.2, 0.25) is 39.3 Å². The third-order valence-corrected chi connectivity index (χ3v) is 24.0. The van der Waals surface area contributed by atoms with E-state index in [-0.39, 0.29) is 9.94 Å². The number of rotatable bonds is 3. The zero-order valence-corrected chi connectivity index (χ0v) is 20.3. The van der Waals surface area contributed by atoms with Crippen LogP contribution in [0.4, 0.5) is 0 Å². The van der Waals surface area contributed by atoms with Crippen LogP contribution >= 0.6 is 18.5 Å². The maximum absolute atomic E-state index is 7.49. The summed E-state index contributed by atoms with van der Waals surface area (Å²) in [7, 11) is -4.29. The highest BCUT2D eigenvalue weighted by molar-refractivity contribution is 7.90. The van der Waals surface area contributed by atoms with Gasteiger partial charge in [-0.15, -0.1) is 0 Å². The predicted molar refractivity (Wildman–Crippen MR) is 115 cm³/mol. The van der Waals surface area contributed by atoms with E-state index in [1.54, 1.807) is 0 Å². The van der Waals surface area contributed by atoms with Gasteiger partial charge in [0.05, 0.1) is 20.7 Å². The molecule has 0 fully saturated rings. The molecule has 0 amide bonds. The highest BCUT2D eigenvalue weighted by atomic mass is 35.7. The molecule has 0 N–H and O–H groups in total. The molecule has 0 unspecified atom stereocenters. The molecular weight excluding hydrogens is 367 g/mol. The summed E-state index contributed by atoms with van der Waals surface area (Å²) in [6, 6.07) is 10.6. The summed E-state index contributed by atoms with van der Waals surface area (Å²) in [6.45, 7) is 21.3. The highest BCUT2D eigenvalue weighted by Crippen LogP contribution is 2.80. The Bertz CT molecular complexity index is 615. The molecule has 134 valence electrons. The standard InChI is InChI=1S/C18H32ClN2PSi2/c1-16(2,3)17(15-13-11-10-12-14-15)20-21-18(22(17)19,23(4,5)6)24(7,8)9/h10-14H,1-9H3/t17-,22+/m1/s1. The van der Waals surface area contributed by atoms with Crippen molar-refractivity contribution in [3.8, 4) is 0 Å². The van der Waals surface area contributed by atoms with Gasteiger partial charge >= 0.3 is 0 Å². The average molecular weight is 399 g/mol. The van der Waals surface area contributed by atoms with E-state index in [0.717, 1.165) is 0 Å². The molecule has 24 heavy (non-hydrogen) atoms. The third kappa shape index (κ3) is 2.69. The van der Waals surface area contributed by atoms with Crippen molar-refractivity contribution in [1.29, 1.82) is 0 Å². The number of azo groups is 1. The minimum atomic E-state index is -1.68. The second kappa shape index (κ2) is 6.01.